The molecule has 1 aliphatic rings. The number of urea groups is 1. The topological polar surface area (TPSA) is 44.8 Å². The highest BCUT2D eigenvalue weighted by molar-refractivity contribution is 6.32. The summed E-state index contributed by atoms with van der Waals surface area (Å²) in [6.07, 6.45) is 0.737. The molecule has 0 saturated carbocycles. The molecular weight excluding hydrogens is 350 g/mol. The number of rotatable bonds is 6. The quantitative estimate of drug-likeness (QED) is 0.786. The molecule has 0 aromatic heterocycles. The number of nitrogens with zero attached hydrogens (tertiary/aromatic N) is 2. The molecule has 2 aromatic rings. The SMILES string of the molecule is O=C(NCCCOc1ccccc1Cl)N1CCN(c2ccccc2)CC1. The van der Waals surface area contributed by atoms with Crippen molar-refractivity contribution in [3.8, 4) is 5.75 Å². The summed E-state index contributed by atoms with van der Waals surface area (Å²) in [5.41, 5.74) is 1.21. The number of carbonyl (C=O) groups excluding carboxylic acids is 1. The van der Waals surface area contributed by atoms with Crippen molar-refractivity contribution in [3.63, 3.8) is 0 Å². The van der Waals surface area contributed by atoms with Crippen molar-refractivity contribution in [1.82, 2.24) is 10.2 Å². The van der Waals surface area contributed by atoms with E-state index >= 15 is 0 Å². The van der Waals surface area contributed by atoms with E-state index in [0.29, 0.717) is 23.9 Å². The molecule has 0 atom stereocenters. The Labute approximate surface area is 159 Å². The van der Waals surface area contributed by atoms with Crippen LogP contribution in [0.4, 0.5) is 10.5 Å². The molecular formula is C20H24ClN3O2. The number of hydrogen-bond donors (Lipinski definition) is 1. The van der Waals surface area contributed by atoms with Gasteiger partial charge in [0.2, 0.25) is 0 Å². The fourth-order valence-corrected chi connectivity index (χ4v) is 3.12. The van der Waals surface area contributed by atoms with Crippen LogP contribution >= 0.6 is 11.6 Å². The van der Waals surface area contributed by atoms with Crippen molar-refractivity contribution in [3.05, 3.63) is 59.6 Å². The minimum absolute atomic E-state index is 0.00421. The lowest BCUT2D eigenvalue weighted by Crippen LogP contribution is -2.52. The van der Waals surface area contributed by atoms with E-state index in [4.69, 9.17) is 16.3 Å². The first-order chi connectivity index (χ1) is 12.7. The Morgan fingerprint density at radius 2 is 1.69 bits per heavy atom. The number of ether oxygens (including phenoxy) is 1. The average molecular weight is 374 g/mol. The van der Waals surface area contributed by atoms with Gasteiger partial charge in [0, 0.05) is 38.4 Å². The van der Waals surface area contributed by atoms with Gasteiger partial charge in [-0.15, -0.1) is 0 Å². The van der Waals surface area contributed by atoms with Crippen molar-refractivity contribution in [2.75, 3.05) is 44.2 Å². The van der Waals surface area contributed by atoms with Crippen LogP contribution in [0.15, 0.2) is 54.6 Å². The lowest BCUT2D eigenvalue weighted by Gasteiger charge is -2.36. The second-order valence-electron chi connectivity index (χ2n) is 6.17. The summed E-state index contributed by atoms with van der Waals surface area (Å²) in [4.78, 5) is 16.4. The van der Waals surface area contributed by atoms with Crippen LogP contribution in [0.2, 0.25) is 5.02 Å². The van der Waals surface area contributed by atoms with Crippen LogP contribution in [-0.2, 0) is 0 Å². The van der Waals surface area contributed by atoms with Gasteiger partial charge in [0.1, 0.15) is 5.75 Å². The molecule has 0 bridgehead atoms. The molecule has 2 amide bonds. The van der Waals surface area contributed by atoms with Gasteiger partial charge in [0.25, 0.3) is 0 Å². The number of carbonyl (C=O) groups is 1. The maximum Gasteiger partial charge on any atom is 0.317 e. The van der Waals surface area contributed by atoms with Crippen LogP contribution in [-0.4, -0.2) is 50.3 Å². The van der Waals surface area contributed by atoms with E-state index < -0.39 is 0 Å². The van der Waals surface area contributed by atoms with Crippen LogP contribution in [0.3, 0.4) is 0 Å². The lowest BCUT2D eigenvalue weighted by molar-refractivity contribution is 0.193. The Bertz CT molecular complexity index is 703. The van der Waals surface area contributed by atoms with Gasteiger partial charge in [-0.1, -0.05) is 41.9 Å². The van der Waals surface area contributed by atoms with Gasteiger partial charge in [0.15, 0.2) is 0 Å². The fraction of sp³-hybridized carbons (Fsp3) is 0.350. The van der Waals surface area contributed by atoms with Crippen LogP contribution in [0.1, 0.15) is 6.42 Å². The molecule has 1 fully saturated rings. The summed E-state index contributed by atoms with van der Waals surface area (Å²) in [7, 11) is 0. The zero-order chi connectivity index (χ0) is 18.2. The molecule has 26 heavy (non-hydrogen) atoms. The molecule has 138 valence electrons. The number of hydrogen-bond acceptors (Lipinski definition) is 3. The average Bonchev–Trinajstić information content (AvgIpc) is 2.70. The fourth-order valence-electron chi connectivity index (χ4n) is 2.93. The maximum absolute atomic E-state index is 12.3. The van der Waals surface area contributed by atoms with Crippen molar-refractivity contribution < 1.29 is 9.53 Å². The Morgan fingerprint density at radius 3 is 2.42 bits per heavy atom. The second kappa shape index (κ2) is 9.34. The molecule has 1 heterocycles. The highest BCUT2D eigenvalue weighted by Gasteiger charge is 2.20. The first-order valence-electron chi connectivity index (χ1n) is 8.94. The van der Waals surface area contributed by atoms with Crippen molar-refractivity contribution in [2.24, 2.45) is 0 Å². The summed E-state index contributed by atoms with van der Waals surface area (Å²) < 4.78 is 5.62. The Hall–Kier alpha value is -2.40. The van der Waals surface area contributed by atoms with E-state index in [2.05, 4.69) is 22.3 Å². The monoisotopic (exact) mass is 373 g/mol. The summed E-state index contributed by atoms with van der Waals surface area (Å²) in [5.74, 6) is 0.678. The lowest BCUT2D eigenvalue weighted by atomic mass is 10.2. The molecule has 0 radical (unpaired) electrons. The van der Waals surface area contributed by atoms with E-state index in [1.165, 1.54) is 5.69 Å². The van der Waals surface area contributed by atoms with Gasteiger partial charge in [-0.25, -0.2) is 4.79 Å². The number of halogens is 1. The van der Waals surface area contributed by atoms with Crippen molar-refractivity contribution in [2.45, 2.75) is 6.42 Å². The zero-order valence-corrected chi connectivity index (χ0v) is 15.5. The first kappa shape index (κ1) is 18.4. The predicted molar refractivity (Wildman–Crippen MR) is 105 cm³/mol. The third kappa shape index (κ3) is 5.05. The number of nitrogens with one attached hydrogen (secondary N) is 1. The van der Waals surface area contributed by atoms with E-state index in [9.17, 15) is 4.79 Å². The molecule has 5 nitrogen and oxygen atoms in total. The van der Waals surface area contributed by atoms with Gasteiger partial charge in [-0.2, -0.15) is 0 Å². The number of para-hydroxylation sites is 2. The van der Waals surface area contributed by atoms with Gasteiger partial charge in [0.05, 0.1) is 11.6 Å². The van der Waals surface area contributed by atoms with E-state index in [1.54, 1.807) is 6.07 Å². The predicted octanol–water partition coefficient (Wildman–Crippen LogP) is 3.64. The smallest absolute Gasteiger partial charge is 0.317 e. The molecule has 0 spiro atoms. The van der Waals surface area contributed by atoms with Gasteiger partial charge in [-0.05, 0) is 30.7 Å². The number of benzene rings is 2. The minimum atomic E-state index is -0.00421. The molecule has 2 aromatic carbocycles. The number of piperazine rings is 1. The molecule has 1 aliphatic heterocycles. The van der Waals surface area contributed by atoms with Crippen molar-refractivity contribution >= 4 is 23.3 Å². The van der Waals surface area contributed by atoms with Gasteiger partial charge in [-0.3, -0.25) is 0 Å². The molecule has 1 N–H and O–H groups in total. The number of amides is 2. The normalized spacial score (nSPS) is 14.2. The molecule has 3 rings (SSSR count). The van der Waals surface area contributed by atoms with Gasteiger partial charge < -0.3 is 19.9 Å². The minimum Gasteiger partial charge on any atom is -0.492 e. The standard InChI is InChI=1S/C20H24ClN3O2/c21-18-9-4-5-10-19(18)26-16-6-11-22-20(25)24-14-12-23(13-15-24)17-7-2-1-3-8-17/h1-5,7-10H,6,11-16H2,(H,22,25). The summed E-state index contributed by atoms with van der Waals surface area (Å²) in [5, 5.41) is 3.57. The first-order valence-corrected chi connectivity index (χ1v) is 9.32. The Morgan fingerprint density at radius 1 is 1.00 bits per heavy atom. The zero-order valence-electron chi connectivity index (χ0n) is 14.7. The van der Waals surface area contributed by atoms with E-state index in [1.807, 2.05) is 41.3 Å². The summed E-state index contributed by atoms with van der Waals surface area (Å²) in [6.45, 7) is 4.28. The maximum atomic E-state index is 12.3. The van der Waals surface area contributed by atoms with Gasteiger partial charge >= 0.3 is 6.03 Å². The molecule has 6 heteroatoms. The molecule has 1 saturated heterocycles. The second-order valence-corrected chi connectivity index (χ2v) is 6.58. The third-order valence-electron chi connectivity index (χ3n) is 4.38. The largest absolute Gasteiger partial charge is 0.492 e. The third-order valence-corrected chi connectivity index (χ3v) is 4.69. The highest BCUT2D eigenvalue weighted by atomic mass is 35.5. The van der Waals surface area contributed by atoms with Crippen LogP contribution < -0.4 is 15.0 Å². The summed E-state index contributed by atoms with van der Waals surface area (Å²) in [6, 6.07) is 17.7. The van der Waals surface area contributed by atoms with E-state index in [0.717, 1.165) is 32.6 Å². The molecule has 0 unspecified atom stereocenters. The summed E-state index contributed by atoms with van der Waals surface area (Å²) >= 11 is 6.04. The number of anilines is 1. The van der Waals surface area contributed by atoms with E-state index in [-0.39, 0.29) is 6.03 Å². The Balaban J connectivity index is 1.33. The van der Waals surface area contributed by atoms with Crippen LogP contribution in [0, 0.1) is 0 Å². The van der Waals surface area contributed by atoms with Crippen molar-refractivity contribution in [1.29, 1.82) is 0 Å². The van der Waals surface area contributed by atoms with Crippen LogP contribution in [0.25, 0.3) is 0 Å². The van der Waals surface area contributed by atoms with Crippen LogP contribution in [0.5, 0.6) is 5.75 Å². The Kier molecular flexibility index (Phi) is 6.61. The molecule has 0 aliphatic carbocycles. The highest BCUT2D eigenvalue weighted by Crippen LogP contribution is 2.23.